The molecule has 1 atom stereocenters. The van der Waals surface area contributed by atoms with E-state index in [0.29, 0.717) is 18.7 Å². The quantitative estimate of drug-likeness (QED) is 0.569. The zero-order chi connectivity index (χ0) is 22.7. The SMILES string of the molecule is CN(C)C(CNC(=O)c1cccc(S(=O)(=O)N2CCCc3ccccc32)c1)c1ccsc1. The van der Waals surface area contributed by atoms with Gasteiger partial charge in [0.25, 0.3) is 15.9 Å². The van der Waals surface area contributed by atoms with Crippen LogP contribution in [0, 0.1) is 0 Å². The Labute approximate surface area is 193 Å². The highest BCUT2D eigenvalue weighted by Crippen LogP contribution is 2.32. The number of sulfonamides is 1. The summed E-state index contributed by atoms with van der Waals surface area (Å²) < 4.78 is 28.3. The third kappa shape index (κ3) is 4.57. The maximum atomic E-state index is 13.4. The van der Waals surface area contributed by atoms with E-state index < -0.39 is 10.0 Å². The van der Waals surface area contributed by atoms with Crippen LogP contribution in [0.3, 0.4) is 0 Å². The highest BCUT2D eigenvalue weighted by molar-refractivity contribution is 7.92. The Kier molecular flexibility index (Phi) is 6.64. The van der Waals surface area contributed by atoms with E-state index in [1.54, 1.807) is 29.5 Å². The molecule has 1 aliphatic rings. The van der Waals surface area contributed by atoms with E-state index >= 15 is 0 Å². The Morgan fingerprint density at radius 3 is 2.72 bits per heavy atom. The van der Waals surface area contributed by atoms with E-state index in [2.05, 4.69) is 15.6 Å². The van der Waals surface area contributed by atoms with Crippen LogP contribution < -0.4 is 9.62 Å². The monoisotopic (exact) mass is 469 g/mol. The smallest absolute Gasteiger partial charge is 0.264 e. The first-order chi connectivity index (χ1) is 15.4. The summed E-state index contributed by atoms with van der Waals surface area (Å²) in [6, 6.07) is 16.0. The van der Waals surface area contributed by atoms with E-state index in [0.717, 1.165) is 29.7 Å². The lowest BCUT2D eigenvalue weighted by molar-refractivity contribution is 0.0941. The van der Waals surface area contributed by atoms with Crippen molar-refractivity contribution >= 4 is 33.0 Å². The molecule has 1 amide bonds. The zero-order valence-corrected chi connectivity index (χ0v) is 19.8. The molecule has 8 heteroatoms. The molecule has 0 saturated carbocycles. The first-order valence-corrected chi connectivity index (χ1v) is 12.9. The van der Waals surface area contributed by atoms with Crippen LogP contribution in [0.1, 0.15) is 33.9 Å². The number of nitrogens with zero attached hydrogens (tertiary/aromatic N) is 2. The molecule has 0 bridgehead atoms. The number of fused-ring (bicyclic) bond motifs is 1. The number of rotatable bonds is 7. The van der Waals surface area contributed by atoms with Crippen molar-refractivity contribution in [2.45, 2.75) is 23.8 Å². The van der Waals surface area contributed by atoms with Gasteiger partial charge in [-0.05, 0) is 79.2 Å². The van der Waals surface area contributed by atoms with Crippen LogP contribution in [0.5, 0.6) is 0 Å². The Morgan fingerprint density at radius 1 is 1.16 bits per heavy atom. The molecule has 1 unspecified atom stereocenters. The summed E-state index contributed by atoms with van der Waals surface area (Å²) in [6.45, 7) is 0.861. The summed E-state index contributed by atoms with van der Waals surface area (Å²) >= 11 is 1.62. The minimum absolute atomic E-state index is 0.0435. The molecule has 0 fully saturated rings. The highest BCUT2D eigenvalue weighted by atomic mass is 32.2. The maximum absolute atomic E-state index is 13.4. The largest absolute Gasteiger partial charge is 0.350 e. The predicted octanol–water partition coefficient (Wildman–Crippen LogP) is 3.92. The number of likely N-dealkylation sites (N-methyl/N-ethyl adjacent to an activating group) is 1. The van der Waals surface area contributed by atoms with Crippen molar-refractivity contribution in [1.82, 2.24) is 10.2 Å². The van der Waals surface area contributed by atoms with Crippen molar-refractivity contribution in [3.63, 3.8) is 0 Å². The van der Waals surface area contributed by atoms with Gasteiger partial charge in [0, 0.05) is 18.7 Å². The number of benzene rings is 2. The lowest BCUT2D eigenvalue weighted by Crippen LogP contribution is -2.36. The summed E-state index contributed by atoms with van der Waals surface area (Å²) in [5.74, 6) is -0.289. The van der Waals surface area contributed by atoms with Crippen molar-refractivity contribution in [3.05, 3.63) is 82.0 Å². The molecule has 0 saturated heterocycles. The Hall–Kier alpha value is -2.68. The second kappa shape index (κ2) is 9.44. The summed E-state index contributed by atoms with van der Waals surface area (Å²) in [5.41, 5.74) is 3.22. The van der Waals surface area contributed by atoms with Crippen molar-refractivity contribution in [3.8, 4) is 0 Å². The van der Waals surface area contributed by atoms with Gasteiger partial charge in [0.2, 0.25) is 0 Å². The molecule has 2 aromatic carbocycles. The molecule has 1 N–H and O–H groups in total. The molecule has 2 heterocycles. The molecular weight excluding hydrogens is 442 g/mol. The first-order valence-electron chi connectivity index (χ1n) is 10.6. The normalized spacial score (nSPS) is 14.8. The average Bonchev–Trinajstić information content (AvgIpc) is 3.33. The third-order valence-corrected chi connectivity index (χ3v) is 8.27. The third-order valence-electron chi connectivity index (χ3n) is 5.76. The number of carbonyl (C=O) groups excluding carboxylic acids is 1. The fourth-order valence-corrected chi connectivity index (χ4v) is 6.32. The molecule has 1 aliphatic heterocycles. The zero-order valence-electron chi connectivity index (χ0n) is 18.2. The maximum Gasteiger partial charge on any atom is 0.264 e. The van der Waals surface area contributed by atoms with Gasteiger partial charge in [-0.25, -0.2) is 8.42 Å². The number of nitrogens with one attached hydrogen (secondary N) is 1. The average molecular weight is 470 g/mol. The summed E-state index contributed by atoms with van der Waals surface area (Å²) in [5, 5.41) is 7.04. The van der Waals surface area contributed by atoms with Gasteiger partial charge in [0.15, 0.2) is 0 Å². The van der Waals surface area contributed by atoms with Crippen molar-refractivity contribution in [1.29, 1.82) is 0 Å². The molecule has 168 valence electrons. The van der Waals surface area contributed by atoms with Crippen LogP contribution in [0.4, 0.5) is 5.69 Å². The Balaban J connectivity index is 1.54. The molecular formula is C24H27N3O3S2. The number of thiophene rings is 1. The molecule has 6 nitrogen and oxygen atoms in total. The van der Waals surface area contributed by atoms with Crippen LogP contribution in [0.25, 0.3) is 0 Å². The number of para-hydroxylation sites is 1. The van der Waals surface area contributed by atoms with Crippen LogP contribution in [-0.4, -0.2) is 46.4 Å². The van der Waals surface area contributed by atoms with Gasteiger partial charge in [-0.15, -0.1) is 0 Å². The molecule has 0 aliphatic carbocycles. The summed E-state index contributed by atoms with van der Waals surface area (Å²) in [7, 11) is 0.176. The summed E-state index contributed by atoms with van der Waals surface area (Å²) in [6.07, 6.45) is 1.63. The van der Waals surface area contributed by atoms with Gasteiger partial charge < -0.3 is 10.2 Å². The van der Waals surface area contributed by atoms with Crippen molar-refractivity contribution in [2.24, 2.45) is 0 Å². The fraction of sp³-hybridized carbons (Fsp3) is 0.292. The molecule has 4 rings (SSSR count). The van der Waals surface area contributed by atoms with Gasteiger partial charge in [0.05, 0.1) is 16.6 Å². The van der Waals surface area contributed by atoms with Gasteiger partial charge in [-0.2, -0.15) is 11.3 Å². The molecule has 0 radical (unpaired) electrons. The summed E-state index contributed by atoms with van der Waals surface area (Å²) in [4.78, 5) is 15.0. The van der Waals surface area contributed by atoms with Gasteiger partial charge in [-0.1, -0.05) is 24.3 Å². The number of aryl methyl sites for hydroxylation is 1. The predicted molar refractivity (Wildman–Crippen MR) is 129 cm³/mol. The van der Waals surface area contributed by atoms with E-state index in [1.807, 2.05) is 49.8 Å². The molecule has 1 aromatic heterocycles. The van der Waals surface area contributed by atoms with E-state index in [-0.39, 0.29) is 16.8 Å². The van der Waals surface area contributed by atoms with Gasteiger partial charge >= 0.3 is 0 Å². The lowest BCUT2D eigenvalue weighted by Gasteiger charge is -2.30. The molecule has 32 heavy (non-hydrogen) atoms. The standard InChI is InChI=1S/C24H27N3O3S2/c1-26(2)23(20-12-14-31-17-20)16-25-24(28)19-8-5-10-21(15-19)32(29,30)27-13-6-9-18-7-3-4-11-22(18)27/h3-5,7-8,10-12,14-15,17,23H,6,9,13,16H2,1-2H3,(H,25,28). The van der Waals surface area contributed by atoms with E-state index in [1.165, 1.54) is 10.4 Å². The highest BCUT2D eigenvalue weighted by Gasteiger charge is 2.29. The van der Waals surface area contributed by atoms with Crippen molar-refractivity contribution < 1.29 is 13.2 Å². The van der Waals surface area contributed by atoms with E-state index in [4.69, 9.17) is 0 Å². The van der Waals surface area contributed by atoms with Gasteiger partial charge in [-0.3, -0.25) is 9.10 Å². The fourth-order valence-electron chi connectivity index (χ4n) is 4.03. The van der Waals surface area contributed by atoms with Crippen molar-refractivity contribution in [2.75, 3.05) is 31.5 Å². The van der Waals surface area contributed by atoms with E-state index in [9.17, 15) is 13.2 Å². The number of hydrogen-bond donors (Lipinski definition) is 1. The molecule has 3 aromatic rings. The number of anilines is 1. The topological polar surface area (TPSA) is 69.7 Å². The van der Waals surface area contributed by atoms with Crippen LogP contribution in [0.2, 0.25) is 0 Å². The second-order valence-corrected chi connectivity index (χ2v) is 10.7. The van der Waals surface area contributed by atoms with Gasteiger partial charge in [0.1, 0.15) is 0 Å². The first kappa shape index (κ1) is 22.5. The van der Waals surface area contributed by atoms with Crippen LogP contribution in [-0.2, 0) is 16.4 Å². The number of amides is 1. The minimum atomic E-state index is -3.77. The Morgan fingerprint density at radius 2 is 1.97 bits per heavy atom. The Bertz CT molecular complexity index is 1190. The molecule has 0 spiro atoms. The lowest BCUT2D eigenvalue weighted by atomic mass is 10.0. The van der Waals surface area contributed by atoms with Crippen LogP contribution >= 0.6 is 11.3 Å². The van der Waals surface area contributed by atoms with Crippen LogP contribution in [0.15, 0.2) is 70.3 Å². The number of carbonyl (C=O) groups is 1. The second-order valence-electron chi connectivity index (χ2n) is 8.08. The minimum Gasteiger partial charge on any atom is -0.350 e. The number of hydrogen-bond acceptors (Lipinski definition) is 5.